The van der Waals surface area contributed by atoms with Crippen molar-refractivity contribution in [3.05, 3.63) is 54.2 Å². The van der Waals surface area contributed by atoms with Crippen LogP contribution in [-0.4, -0.2) is 54.0 Å². The van der Waals surface area contributed by atoms with Crippen molar-refractivity contribution in [3.63, 3.8) is 0 Å². The molecule has 2 heterocycles. The number of carbonyl (C=O) groups excluding carboxylic acids is 2. The lowest BCUT2D eigenvalue weighted by Crippen LogP contribution is -2.46. The molecular weight excluding hydrogens is 356 g/mol. The van der Waals surface area contributed by atoms with Crippen molar-refractivity contribution in [2.45, 2.75) is 25.8 Å². The van der Waals surface area contributed by atoms with Crippen molar-refractivity contribution < 1.29 is 14.3 Å². The first kappa shape index (κ1) is 19.8. The van der Waals surface area contributed by atoms with Gasteiger partial charge in [-0.15, -0.1) is 0 Å². The van der Waals surface area contributed by atoms with Gasteiger partial charge in [0.2, 0.25) is 11.8 Å². The van der Waals surface area contributed by atoms with Crippen molar-refractivity contribution in [2.75, 3.05) is 31.6 Å². The molecule has 7 nitrogen and oxygen atoms in total. The number of nitrogens with one attached hydrogen (secondary N) is 2. The summed E-state index contributed by atoms with van der Waals surface area (Å²) in [4.78, 5) is 31.0. The molecule has 0 spiro atoms. The van der Waals surface area contributed by atoms with E-state index < -0.39 is 0 Å². The van der Waals surface area contributed by atoms with E-state index in [9.17, 15) is 9.59 Å². The summed E-state index contributed by atoms with van der Waals surface area (Å²) in [5, 5.41) is 5.96. The van der Waals surface area contributed by atoms with E-state index in [0.29, 0.717) is 24.6 Å². The molecular formula is C21H26N4O3. The van der Waals surface area contributed by atoms with Crippen LogP contribution in [0.2, 0.25) is 0 Å². The highest BCUT2D eigenvalue weighted by Gasteiger charge is 2.23. The molecule has 1 aromatic carbocycles. The SMILES string of the molecule is CCOc1ncccc1C(=O)NC1CCN(CC(=O)Nc2ccccc2)CC1. The van der Waals surface area contributed by atoms with Crippen LogP contribution in [0.15, 0.2) is 48.7 Å². The highest BCUT2D eigenvalue weighted by atomic mass is 16.5. The van der Waals surface area contributed by atoms with Crippen LogP contribution in [-0.2, 0) is 4.79 Å². The van der Waals surface area contributed by atoms with Gasteiger partial charge in [0.25, 0.3) is 5.91 Å². The van der Waals surface area contributed by atoms with Gasteiger partial charge in [-0.3, -0.25) is 14.5 Å². The van der Waals surface area contributed by atoms with E-state index in [1.54, 1.807) is 18.3 Å². The Bertz CT molecular complexity index is 789. The fourth-order valence-corrected chi connectivity index (χ4v) is 3.24. The van der Waals surface area contributed by atoms with E-state index in [0.717, 1.165) is 31.6 Å². The second kappa shape index (κ2) is 9.85. The van der Waals surface area contributed by atoms with Crippen LogP contribution in [0.5, 0.6) is 5.88 Å². The zero-order valence-electron chi connectivity index (χ0n) is 16.1. The van der Waals surface area contributed by atoms with Crippen LogP contribution < -0.4 is 15.4 Å². The number of nitrogens with zero attached hydrogens (tertiary/aromatic N) is 2. The Balaban J connectivity index is 1.45. The topological polar surface area (TPSA) is 83.6 Å². The van der Waals surface area contributed by atoms with Crippen LogP contribution in [0.25, 0.3) is 0 Å². The standard InChI is InChI=1S/C21H26N4O3/c1-2-28-21-18(9-6-12-22-21)20(27)24-17-10-13-25(14-11-17)15-19(26)23-16-7-4-3-5-8-16/h3-9,12,17H,2,10-11,13-15H2,1H3,(H,23,26)(H,24,27). The normalized spacial score (nSPS) is 15.0. The maximum atomic E-state index is 12.6. The molecule has 3 rings (SSSR count). The molecule has 1 saturated heterocycles. The molecule has 0 unspecified atom stereocenters. The fraction of sp³-hybridized carbons (Fsp3) is 0.381. The highest BCUT2D eigenvalue weighted by Crippen LogP contribution is 2.16. The molecule has 0 radical (unpaired) electrons. The van der Waals surface area contributed by atoms with Gasteiger partial charge >= 0.3 is 0 Å². The lowest BCUT2D eigenvalue weighted by molar-refractivity contribution is -0.117. The number of aromatic nitrogens is 1. The Kier molecular flexibility index (Phi) is 6.97. The Labute approximate surface area is 165 Å². The molecule has 0 aliphatic carbocycles. The Hall–Kier alpha value is -2.93. The van der Waals surface area contributed by atoms with Gasteiger partial charge in [0.15, 0.2) is 0 Å². The van der Waals surface area contributed by atoms with Gasteiger partial charge in [0.1, 0.15) is 5.56 Å². The summed E-state index contributed by atoms with van der Waals surface area (Å²) >= 11 is 0. The third kappa shape index (κ3) is 5.53. The molecule has 0 saturated carbocycles. The number of likely N-dealkylation sites (tertiary alicyclic amines) is 1. The van der Waals surface area contributed by atoms with Crippen LogP contribution >= 0.6 is 0 Å². The number of ether oxygens (including phenoxy) is 1. The first-order valence-electron chi connectivity index (χ1n) is 9.61. The first-order chi connectivity index (χ1) is 13.7. The predicted molar refractivity (Wildman–Crippen MR) is 107 cm³/mol. The van der Waals surface area contributed by atoms with Crippen LogP contribution in [0, 0.1) is 0 Å². The van der Waals surface area contributed by atoms with Crippen LogP contribution in [0.4, 0.5) is 5.69 Å². The number of piperidine rings is 1. The highest BCUT2D eigenvalue weighted by molar-refractivity contribution is 5.96. The molecule has 1 fully saturated rings. The number of amides is 2. The van der Waals surface area contributed by atoms with Crippen molar-refractivity contribution in [2.24, 2.45) is 0 Å². The van der Waals surface area contributed by atoms with E-state index in [2.05, 4.69) is 20.5 Å². The van der Waals surface area contributed by atoms with Crippen LogP contribution in [0.1, 0.15) is 30.1 Å². The zero-order chi connectivity index (χ0) is 19.8. The predicted octanol–water partition coefficient (Wildman–Crippen LogP) is 2.31. The Morgan fingerprint density at radius 1 is 1.14 bits per heavy atom. The molecule has 1 aromatic heterocycles. The second-order valence-corrected chi connectivity index (χ2v) is 6.73. The quantitative estimate of drug-likeness (QED) is 0.768. The van der Waals surface area contributed by atoms with Gasteiger partial charge in [-0.25, -0.2) is 4.98 Å². The number of rotatable bonds is 7. The summed E-state index contributed by atoms with van der Waals surface area (Å²) in [6.45, 7) is 4.20. The van der Waals surface area contributed by atoms with Gasteiger partial charge in [-0.1, -0.05) is 18.2 Å². The maximum Gasteiger partial charge on any atom is 0.256 e. The minimum atomic E-state index is -0.170. The molecule has 148 valence electrons. The van der Waals surface area contributed by atoms with Gasteiger partial charge in [-0.05, 0) is 44.0 Å². The smallest absolute Gasteiger partial charge is 0.256 e. The van der Waals surface area contributed by atoms with Gasteiger partial charge in [0, 0.05) is 31.0 Å². The minimum Gasteiger partial charge on any atom is -0.477 e. The number of para-hydroxylation sites is 1. The molecule has 0 atom stereocenters. The van der Waals surface area contributed by atoms with Gasteiger partial charge in [0.05, 0.1) is 13.2 Å². The van der Waals surface area contributed by atoms with E-state index in [1.165, 1.54) is 0 Å². The molecule has 28 heavy (non-hydrogen) atoms. The van der Waals surface area contributed by atoms with Gasteiger partial charge < -0.3 is 15.4 Å². The number of hydrogen-bond acceptors (Lipinski definition) is 5. The Morgan fingerprint density at radius 2 is 1.89 bits per heavy atom. The molecule has 0 bridgehead atoms. The fourth-order valence-electron chi connectivity index (χ4n) is 3.24. The van der Waals surface area contributed by atoms with E-state index in [4.69, 9.17) is 4.74 Å². The Morgan fingerprint density at radius 3 is 2.61 bits per heavy atom. The van der Waals surface area contributed by atoms with Crippen LogP contribution in [0.3, 0.4) is 0 Å². The summed E-state index contributed by atoms with van der Waals surface area (Å²) in [6, 6.07) is 13.0. The third-order valence-electron chi connectivity index (χ3n) is 4.64. The van der Waals surface area contributed by atoms with E-state index in [-0.39, 0.29) is 17.9 Å². The number of anilines is 1. The largest absolute Gasteiger partial charge is 0.477 e. The lowest BCUT2D eigenvalue weighted by atomic mass is 10.0. The van der Waals surface area contributed by atoms with Crippen molar-refractivity contribution >= 4 is 17.5 Å². The monoisotopic (exact) mass is 382 g/mol. The molecule has 2 N–H and O–H groups in total. The molecule has 2 amide bonds. The third-order valence-corrected chi connectivity index (χ3v) is 4.64. The summed E-state index contributed by atoms with van der Waals surface area (Å²) < 4.78 is 5.43. The molecule has 1 aliphatic rings. The van der Waals surface area contributed by atoms with Crippen molar-refractivity contribution in [3.8, 4) is 5.88 Å². The van der Waals surface area contributed by atoms with Crippen molar-refractivity contribution in [1.82, 2.24) is 15.2 Å². The molecule has 1 aliphatic heterocycles. The zero-order valence-corrected chi connectivity index (χ0v) is 16.1. The average Bonchev–Trinajstić information content (AvgIpc) is 2.71. The molecule has 2 aromatic rings. The summed E-state index contributed by atoms with van der Waals surface area (Å²) in [5.74, 6) is 0.166. The number of pyridine rings is 1. The maximum absolute atomic E-state index is 12.6. The first-order valence-corrected chi connectivity index (χ1v) is 9.61. The minimum absolute atomic E-state index is 0.0228. The van der Waals surface area contributed by atoms with Gasteiger partial charge in [-0.2, -0.15) is 0 Å². The lowest BCUT2D eigenvalue weighted by Gasteiger charge is -2.31. The average molecular weight is 382 g/mol. The number of carbonyl (C=O) groups is 2. The number of hydrogen-bond donors (Lipinski definition) is 2. The van der Waals surface area contributed by atoms with E-state index >= 15 is 0 Å². The second-order valence-electron chi connectivity index (χ2n) is 6.73. The van der Waals surface area contributed by atoms with E-state index in [1.807, 2.05) is 37.3 Å². The number of benzene rings is 1. The molecule has 7 heteroatoms. The summed E-state index contributed by atoms with van der Waals surface area (Å²) in [7, 11) is 0. The summed E-state index contributed by atoms with van der Waals surface area (Å²) in [6.07, 6.45) is 3.21. The summed E-state index contributed by atoms with van der Waals surface area (Å²) in [5.41, 5.74) is 1.25. The van der Waals surface area contributed by atoms with Crippen molar-refractivity contribution in [1.29, 1.82) is 0 Å².